The van der Waals surface area contributed by atoms with E-state index in [-0.39, 0.29) is 43.9 Å². The van der Waals surface area contributed by atoms with Gasteiger partial charge in [-0.3, -0.25) is 9.59 Å². The van der Waals surface area contributed by atoms with Crippen LogP contribution >= 0.6 is 0 Å². The zero-order chi connectivity index (χ0) is 19.3. The lowest BCUT2D eigenvalue weighted by molar-refractivity contribution is -0.139. The second kappa shape index (κ2) is 8.07. The average molecular weight is 373 g/mol. The van der Waals surface area contributed by atoms with E-state index in [1.807, 2.05) is 0 Å². The standard InChI is InChI=1S/C16H18F3N3O4/c17-16(18,19)12-4-2-1-3-10(12)8-22-9-11(7-13(22)23)21-15(26)20-6-5-14(24)25/h1-4,11H,5-9H2,(H,24,25)(H2,20,21,26). The minimum Gasteiger partial charge on any atom is -0.481 e. The molecule has 0 aliphatic carbocycles. The molecule has 1 fully saturated rings. The Bertz CT molecular complexity index is 694. The van der Waals surface area contributed by atoms with Crippen molar-refractivity contribution < 1.29 is 32.7 Å². The van der Waals surface area contributed by atoms with E-state index in [0.717, 1.165) is 6.07 Å². The Morgan fingerprint density at radius 2 is 1.96 bits per heavy atom. The van der Waals surface area contributed by atoms with Crippen LogP contribution in [0, 0.1) is 0 Å². The number of benzene rings is 1. The van der Waals surface area contributed by atoms with Crippen LogP contribution in [0.2, 0.25) is 0 Å². The van der Waals surface area contributed by atoms with E-state index in [1.165, 1.54) is 23.1 Å². The first-order valence-electron chi connectivity index (χ1n) is 7.86. The van der Waals surface area contributed by atoms with Gasteiger partial charge in [0.2, 0.25) is 5.91 Å². The first-order valence-corrected chi connectivity index (χ1v) is 7.86. The molecule has 1 aliphatic rings. The Hall–Kier alpha value is -2.78. The molecule has 3 N–H and O–H groups in total. The number of carboxylic acid groups (broad SMARTS) is 1. The van der Waals surface area contributed by atoms with E-state index in [2.05, 4.69) is 10.6 Å². The van der Waals surface area contributed by atoms with Gasteiger partial charge in [0, 0.05) is 26.1 Å². The number of alkyl halides is 3. The van der Waals surface area contributed by atoms with Gasteiger partial charge in [0.25, 0.3) is 0 Å². The van der Waals surface area contributed by atoms with Crippen molar-refractivity contribution in [3.63, 3.8) is 0 Å². The zero-order valence-corrected chi connectivity index (χ0v) is 13.7. The Labute approximate surface area is 147 Å². The summed E-state index contributed by atoms with van der Waals surface area (Å²) in [5.41, 5.74) is -0.810. The Balaban J connectivity index is 1.92. The summed E-state index contributed by atoms with van der Waals surface area (Å²) < 4.78 is 39.1. The van der Waals surface area contributed by atoms with Gasteiger partial charge < -0.3 is 20.6 Å². The maximum atomic E-state index is 13.0. The number of likely N-dealkylation sites (tertiary alicyclic amines) is 1. The molecule has 3 amide bonds. The molecule has 1 unspecified atom stereocenters. The lowest BCUT2D eigenvalue weighted by Crippen LogP contribution is -2.43. The molecule has 1 aromatic carbocycles. The molecule has 1 saturated heterocycles. The number of halogens is 3. The number of hydrogen-bond donors (Lipinski definition) is 3. The maximum absolute atomic E-state index is 13.0. The number of carbonyl (C=O) groups excluding carboxylic acids is 2. The third-order valence-corrected chi connectivity index (χ3v) is 3.86. The molecule has 10 heteroatoms. The summed E-state index contributed by atoms with van der Waals surface area (Å²) in [5.74, 6) is -1.42. The molecule has 1 atom stereocenters. The van der Waals surface area contributed by atoms with Gasteiger partial charge in [0.1, 0.15) is 0 Å². The summed E-state index contributed by atoms with van der Waals surface area (Å²) in [5, 5.41) is 13.4. The predicted molar refractivity (Wildman–Crippen MR) is 84.1 cm³/mol. The first kappa shape index (κ1) is 19.5. The van der Waals surface area contributed by atoms with Gasteiger partial charge in [-0.25, -0.2) is 4.79 Å². The Morgan fingerprint density at radius 1 is 1.27 bits per heavy atom. The molecule has 0 bridgehead atoms. The van der Waals surface area contributed by atoms with Crippen molar-refractivity contribution in [2.24, 2.45) is 0 Å². The number of carbonyl (C=O) groups is 3. The number of amides is 3. The van der Waals surface area contributed by atoms with Crippen LogP contribution in [0.25, 0.3) is 0 Å². The van der Waals surface area contributed by atoms with Gasteiger partial charge in [-0.2, -0.15) is 13.2 Å². The molecule has 1 aromatic rings. The van der Waals surface area contributed by atoms with Crippen molar-refractivity contribution in [1.29, 1.82) is 0 Å². The SMILES string of the molecule is O=C(O)CCNC(=O)NC1CC(=O)N(Cc2ccccc2C(F)(F)F)C1. The Morgan fingerprint density at radius 3 is 2.62 bits per heavy atom. The van der Waals surface area contributed by atoms with Gasteiger partial charge >= 0.3 is 18.2 Å². The van der Waals surface area contributed by atoms with Crippen LogP contribution in [0.5, 0.6) is 0 Å². The number of rotatable bonds is 6. The van der Waals surface area contributed by atoms with E-state index >= 15 is 0 Å². The van der Waals surface area contributed by atoms with Gasteiger partial charge in [-0.05, 0) is 11.6 Å². The number of carboxylic acids is 1. The van der Waals surface area contributed by atoms with Crippen LogP contribution in [0.15, 0.2) is 24.3 Å². The maximum Gasteiger partial charge on any atom is 0.416 e. The second-order valence-corrected chi connectivity index (χ2v) is 5.87. The lowest BCUT2D eigenvalue weighted by Gasteiger charge is -2.20. The van der Waals surface area contributed by atoms with E-state index in [9.17, 15) is 27.6 Å². The normalized spacial score (nSPS) is 17.3. The molecule has 2 rings (SSSR count). The van der Waals surface area contributed by atoms with Gasteiger partial charge in [-0.15, -0.1) is 0 Å². The molecule has 0 radical (unpaired) electrons. The number of hydrogen-bond acceptors (Lipinski definition) is 3. The number of urea groups is 1. The van der Waals surface area contributed by atoms with Crippen molar-refractivity contribution in [3.05, 3.63) is 35.4 Å². The fourth-order valence-corrected chi connectivity index (χ4v) is 2.68. The van der Waals surface area contributed by atoms with Crippen LogP contribution < -0.4 is 10.6 Å². The van der Waals surface area contributed by atoms with Crippen LogP contribution in [0.4, 0.5) is 18.0 Å². The highest BCUT2D eigenvalue weighted by Gasteiger charge is 2.35. The third kappa shape index (κ3) is 5.36. The largest absolute Gasteiger partial charge is 0.481 e. The zero-order valence-electron chi connectivity index (χ0n) is 13.7. The number of aliphatic carboxylic acids is 1. The molecule has 26 heavy (non-hydrogen) atoms. The molecule has 142 valence electrons. The summed E-state index contributed by atoms with van der Waals surface area (Å²) in [6.07, 6.45) is -4.78. The molecular formula is C16H18F3N3O4. The predicted octanol–water partition coefficient (Wildman–Crippen LogP) is 1.58. The Kier molecular flexibility index (Phi) is 6.06. The van der Waals surface area contributed by atoms with Gasteiger partial charge in [0.05, 0.1) is 18.0 Å². The van der Waals surface area contributed by atoms with Crippen LogP contribution in [-0.2, 0) is 22.3 Å². The quantitative estimate of drug-likeness (QED) is 0.705. The molecule has 0 saturated carbocycles. The molecule has 1 aliphatic heterocycles. The molecule has 7 nitrogen and oxygen atoms in total. The summed E-state index contributed by atoms with van der Waals surface area (Å²) in [6.45, 7) is -0.185. The van der Waals surface area contributed by atoms with Crippen molar-refractivity contribution in [2.75, 3.05) is 13.1 Å². The van der Waals surface area contributed by atoms with E-state index < -0.39 is 29.8 Å². The van der Waals surface area contributed by atoms with Crippen LogP contribution in [0.1, 0.15) is 24.0 Å². The van der Waals surface area contributed by atoms with Crippen molar-refractivity contribution in [2.45, 2.75) is 31.6 Å². The fourth-order valence-electron chi connectivity index (χ4n) is 2.68. The fraction of sp³-hybridized carbons (Fsp3) is 0.438. The minimum absolute atomic E-state index is 0.0140. The highest BCUT2D eigenvalue weighted by molar-refractivity contribution is 5.81. The molecule has 0 spiro atoms. The van der Waals surface area contributed by atoms with E-state index in [0.29, 0.717) is 0 Å². The summed E-state index contributed by atoms with van der Waals surface area (Å²) >= 11 is 0. The number of nitrogens with zero attached hydrogens (tertiary/aromatic N) is 1. The first-order chi connectivity index (χ1) is 12.2. The summed E-state index contributed by atoms with van der Waals surface area (Å²) in [4.78, 5) is 35.3. The monoisotopic (exact) mass is 373 g/mol. The lowest BCUT2D eigenvalue weighted by atomic mass is 10.1. The highest BCUT2D eigenvalue weighted by Crippen LogP contribution is 2.32. The van der Waals surface area contributed by atoms with Crippen LogP contribution in [-0.4, -0.2) is 47.0 Å². The van der Waals surface area contributed by atoms with E-state index in [1.54, 1.807) is 0 Å². The van der Waals surface area contributed by atoms with Crippen molar-refractivity contribution >= 4 is 17.9 Å². The molecular weight excluding hydrogens is 355 g/mol. The van der Waals surface area contributed by atoms with Crippen molar-refractivity contribution in [1.82, 2.24) is 15.5 Å². The average Bonchev–Trinajstić information content (AvgIpc) is 2.85. The second-order valence-electron chi connectivity index (χ2n) is 5.87. The molecule has 0 aromatic heterocycles. The number of nitrogens with one attached hydrogen (secondary N) is 2. The van der Waals surface area contributed by atoms with Gasteiger partial charge in [0.15, 0.2) is 0 Å². The smallest absolute Gasteiger partial charge is 0.416 e. The molecule has 1 heterocycles. The highest BCUT2D eigenvalue weighted by atomic mass is 19.4. The minimum atomic E-state index is -4.51. The third-order valence-electron chi connectivity index (χ3n) is 3.86. The summed E-state index contributed by atoms with van der Waals surface area (Å²) in [6, 6.07) is 3.85. The van der Waals surface area contributed by atoms with Crippen LogP contribution in [0.3, 0.4) is 0 Å². The van der Waals surface area contributed by atoms with E-state index in [4.69, 9.17) is 5.11 Å². The van der Waals surface area contributed by atoms with Crippen molar-refractivity contribution in [3.8, 4) is 0 Å². The van der Waals surface area contributed by atoms with Gasteiger partial charge in [-0.1, -0.05) is 18.2 Å². The summed E-state index contributed by atoms with van der Waals surface area (Å²) in [7, 11) is 0. The topological polar surface area (TPSA) is 98.7 Å².